The average Bonchev–Trinajstić information content (AvgIpc) is 2.25. The van der Waals surface area contributed by atoms with Gasteiger partial charge in [-0.3, -0.25) is 4.79 Å². The maximum atomic E-state index is 11.1. The van der Waals surface area contributed by atoms with Crippen molar-refractivity contribution in [2.24, 2.45) is 11.3 Å². The molecule has 2 nitrogen and oxygen atoms in total. The van der Waals surface area contributed by atoms with Crippen molar-refractivity contribution in [1.82, 2.24) is 0 Å². The number of rotatable bonds is 5. The van der Waals surface area contributed by atoms with Crippen LogP contribution in [0.25, 0.3) is 0 Å². The van der Waals surface area contributed by atoms with E-state index in [4.69, 9.17) is 4.74 Å². The topological polar surface area (TPSA) is 26.3 Å². The summed E-state index contributed by atoms with van der Waals surface area (Å²) in [4.78, 5) is 11.1. The average molecular weight is 248 g/mol. The summed E-state index contributed by atoms with van der Waals surface area (Å²) in [7, 11) is 0. The lowest BCUT2D eigenvalue weighted by Crippen LogP contribution is -2.32. The summed E-state index contributed by atoms with van der Waals surface area (Å²) < 4.78 is 5.26. The molecule has 0 N–H and O–H groups in total. The molecule has 0 unspecified atom stereocenters. The molecule has 0 aliphatic heterocycles. The first-order chi connectivity index (χ1) is 8.39. The second-order valence-electron chi connectivity index (χ2n) is 5.56. The van der Waals surface area contributed by atoms with Gasteiger partial charge in [-0.2, -0.15) is 0 Å². The Kier molecular flexibility index (Phi) is 4.94. The second-order valence-corrected chi connectivity index (χ2v) is 5.56. The van der Waals surface area contributed by atoms with Gasteiger partial charge in [0.25, 0.3) is 0 Å². The molecule has 2 atom stereocenters. The van der Waals surface area contributed by atoms with Gasteiger partial charge in [-0.05, 0) is 43.6 Å². The highest BCUT2D eigenvalue weighted by Crippen LogP contribution is 2.47. The fourth-order valence-electron chi connectivity index (χ4n) is 2.88. The van der Waals surface area contributed by atoms with Crippen molar-refractivity contribution in [1.29, 1.82) is 0 Å². The minimum Gasteiger partial charge on any atom is -0.432 e. The molecule has 0 bridgehead atoms. The molecule has 0 aromatic rings. The van der Waals surface area contributed by atoms with Crippen molar-refractivity contribution < 1.29 is 9.53 Å². The minimum atomic E-state index is -0.235. The normalized spacial score (nSPS) is 27.3. The van der Waals surface area contributed by atoms with E-state index < -0.39 is 0 Å². The lowest BCUT2D eigenvalue weighted by atomic mass is 9.64. The van der Waals surface area contributed by atoms with Crippen LogP contribution in [0.2, 0.25) is 0 Å². The lowest BCUT2D eigenvalue weighted by molar-refractivity contribution is -0.137. The minimum absolute atomic E-state index is 0.111. The molecule has 18 heavy (non-hydrogen) atoms. The van der Waals surface area contributed by atoms with Crippen molar-refractivity contribution in [2.45, 2.75) is 46.5 Å². The van der Waals surface area contributed by atoms with Crippen molar-refractivity contribution >= 4 is 5.97 Å². The standard InChI is InChI=1S/C16H24O2/c1-6-7-10-16(5)11-14(18-13(4)17)8-9-15(16)12(2)3/h6,8,15H,1-2,7,9-11H2,3-5H3/t15-,16+/m1/s1. The fourth-order valence-corrected chi connectivity index (χ4v) is 2.88. The van der Waals surface area contributed by atoms with Gasteiger partial charge in [-0.25, -0.2) is 0 Å². The van der Waals surface area contributed by atoms with Crippen molar-refractivity contribution in [3.8, 4) is 0 Å². The van der Waals surface area contributed by atoms with Crippen LogP contribution in [-0.4, -0.2) is 5.97 Å². The molecule has 0 aromatic heterocycles. The summed E-state index contributed by atoms with van der Waals surface area (Å²) >= 11 is 0. The van der Waals surface area contributed by atoms with Gasteiger partial charge in [0, 0.05) is 13.3 Å². The first-order valence-corrected chi connectivity index (χ1v) is 6.53. The third-order valence-corrected chi connectivity index (χ3v) is 3.79. The lowest BCUT2D eigenvalue weighted by Gasteiger charge is -2.41. The van der Waals surface area contributed by atoms with Gasteiger partial charge in [0.1, 0.15) is 5.76 Å². The second kappa shape index (κ2) is 6.03. The van der Waals surface area contributed by atoms with Crippen molar-refractivity contribution in [3.63, 3.8) is 0 Å². The maximum absolute atomic E-state index is 11.1. The fraction of sp³-hybridized carbons (Fsp3) is 0.562. The van der Waals surface area contributed by atoms with Gasteiger partial charge in [0.2, 0.25) is 0 Å². The predicted octanol–water partition coefficient (Wildman–Crippen LogP) is 4.39. The van der Waals surface area contributed by atoms with Crippen LogP contribution >= 0.6 is 0 Å². The van der Waals surface area contributed by atoms with Gasteiger partial charge in [0.05, 0.1) is 0 Å². The summed E-state index contributed by atoms with van der Waals surface area (Å²) in [5, 5.41) is 0. The zero-order chi connectivity index (χ0) is 13.8. The Morgan fingerprint density at radius 3 is 2.78 bits per heavy atom. The predicted molar refractivity (Wildman–Crippen MR) is 74.9 cm³/mol. The van der Waals surface area contributed by atoms with Crippen LogP contribution < -0.4 is 0 Å². The maximum Gasteiger partial charge on any atom is 0.307 e. The third kappa shape index (κ3) is 3.59. The van der Waals surface area contributed by atoms with E-state index in [0.29, 0.717) is 5.92 Å². The molecule has 100 valence electrons. The summed E-state index contributed by atoms with van der Waals surface area (Å²) in [6, 6.07) is 0. The number of hydrogen-bond acceptors (Lipinski definition) is 2. The zero-order valence-corrected chi connectivity index (χ0v) is 11.8. The van der Waals surface area contributed by atoms with E-state index >= 15 is 0 Å². The SMILES string of the molecule is C=CCC[C@@]1(C)CC(OC(C)=O)=CC[C@@H]1C(=C)C. The molecule has 0 heterocycles. The Morgan fingerprint density at radius 1 is 1.61 bits per heavy atom. The van der Waals surface area contributed by atoms with Gasteiger partial charge in [-0.15, -0.1) is 6.58 Å². The van der Waals surface area contributed by atoms with E-state index in [1.807, 2.05) is 12.2 Å². The third-order valence-electron chi connectivity index (χ3n) is 3.79. The molecule has 0 amide bonds. The van der Waals surface area contributed by atoms with Crippen LogP contribution in [0.3, 0.4) is 0 Å². The van der Waals surface area contributed by atoms with Gasteiger partial charge in [-0.1, -0.05) is 25.2 Å². The van der Waals surface area contributed by atoms with E-state index in [2.05, 4.69) is 27.0 Å². The molecule has 0 spiro atoms. The van der Waals surface area contributed by atoms with E-state index in [1.54, 1.807) is 0 Å². The number of esters is 1. The van der Waals surface area contributed by atoms with E-state index in [-0.39, 0.29) is 11.4 Å². The molecule has 1 aliphatic rings. The first-order valence-electron chi connectivity index (χ1n) is 6.53. The largest absolute Gasteiger partial charge is 0.432 e. The Morgan fingerprint density at radius 2 is 2.28 bits per heavy atom. The first kappa shape index (κ1) is 14.7. The monoisotopic (exact) mass is 248 g/mol. The molecular formula is C16H24O2. The molecule has 0 saturated heterocycles. The molecule has 2 heteroatoms. The van der Waals surface area contributed by atoms with E-state index in [1.165, 1.54) is 12.5 Å². The van der Waals surface area contributed by atoms with Gasteiger partial charge in [0.15, 0.2) is 0 Å². The smallest absolute Gasteiger partial charge is 0.307 e. The number of hydrogen-bond donors (Lipinski definition) is 0. The van der Waals surface area contributed by atoms with Gasteiger partial charge < -0.3 is 4.74 Å². The Labute approximate surface area is 110 Å². The molecule has 0 saturated carbocycles. The van der Waals surface area contributed by atoms with Crippen LogP contribution in [0.15, 0.2) is 36.6 Å². The molecule has 0 aromatic carbocycles. The highest BCUT2D eigenvalue weighted by molar-refractivity contribution is 5.67. The summed E-state index contributed by atoms with van der Waals surface area (Å²) in [6.07, 6.45) is 7.73. The number of ether oxygens (including phenoxy) is 1. The van der Waals surface area contributed by atoms with Crippen LogP contribution in [0.4, 0.5) is 0 Å². The van der Waals surface area contributed by atoms with E-state index in [9.17, 15) is 4.79 Å². The highest BCUT2D eigenvalue weighted by Gasteiger charge is 2.37. The molecule has 1 rings (SSSR count). The number of allylic oxidation sites excluding steroid dienone is 4. The zero-order valence-electron chi connectivity index (χ0n) is 11.8. The highest BCUT2D eigenvalue weighted by atomic mass is 16.5. The van der Waals surface area contributed by atoms with Crippen LogP contribution in [0.5, 0.6) is 0 Å². The van der Waals surface area contributed by atoms with Crippen molar-refractivity contribution in [3.05, 3.63) is 36.6 Å². The Balaban J connectivity index is 2.88. The van der Waals surface area contributed by atoms with E-state index in [0.717, 1.165) is 31.4 Å². The Hall–Kier alpha value is -1.31. The molecule has 0 fully saturated rings. The number of carbonyl (C=O) groups excluding carboxylic acids is 1. The van der Waals surface area contributed by atoms with Crippen LogP contribution in [-0.2, 0) is 9.53 Å². The van der Waals surface area contributed by atoms with Gasteiger partial charge >= 0.3 is 5.97 Å². The summed E-state index contributed by atoms with van der Waals surface area (Å²) in [5.41, 5.74) is 1.32. The molecule has 0 radical (unpaired) electrons. The summed E-state index contributed by atoms with van der Waals surface area (Å²) in [6.45, 7) is 13.7. The van der Waals surface area contributed by atoms with Crippen LogP contribution in [0, 0.1) is 11.3 Å². The molecule has 1 aliphatic carbocycles. The van der Waals surface area contributed by atoms with Crippen LogP contribution in [0.1, 0.15) is 46.5 Å². The summed E-state index contributed by atoms with van der Waals surface area (Å²) in [5.74, 6) is 1.03. The van der Waals surface area contributed by atoms with Crippen molar-refractivity contribution in [2.75, 3.05) is 0 Å². The number of carbonyl (C=O) groups is 1. The Bertz CT molecular complexity index is 379. The quantitative estimate of drug-likeness (QED) is 0.532. The molecular weight excluding hydrogens is 224 g/mol.